The molecule has 0 unspecified atom stereocenters. The first-order valence-electron chi connectivity index (χ1n) is 7.52. The van der Waals surface area contributed by atoms with Gasteiger partial charge in [-0.2, -0.15) is 0 Å². The van der Waals surface area contributed by atoms with E-state index in [0.717, 1.165) is 5.56 Å². The third kappa shape index (κ3) is 3.21. The van der Waals surface area contributed by atoms with Gasteiger partial charge in [0.25, 0.3) is 15.9 Å². The zero-order valence-corrected chi connectivity index (χ0v) is 14.2. The summed E-state index contributed by atoms with van der Waals surface area (Å²) in [5, 5.41) is 2.70. The normalized spacial score (nSPS) is 14.2. The van der Waals surface area contributed by atoms with Crippen LogP contribution in [0.15, 0.2) is 41.3 Å². The average Bonchev–Trinajstić information content (AvgIpc) is 2.68. The van der Waals surface area contributed by atoms with E-state index in [1.165, 1.54) is 6.07 Å². The van der Waals surface area contributed by atoms with E-state index in [1.807, 2.05) is 13.0 Å². The predicted octanol–water partition coefficient (Wildman–Crippen LogP) is 2.23. The second kappa shape index (κ2) is 6.16. The molecule has 2 N–H and O–H groups in total. The number of hydrogen-bond acceptors (Lipinski definition) is 4. The number of benzene rings is 2. The van der Waals surface area contributed by atoms with E-state index < -0.39 is 10.0 Å². The van der Waals surface area contributed by atoms with E-state index in [2.05, 4.69) is 10.0 Å². The van der Waals surface area contributed by atoms with Gasteiger partial charge in [-0.3, -0.25) is 9.52 Å². The van der Waals surface area contributed by atoms with Gasteiger partial charge in [0.15, 0.2) is 0 Å². The molecule has 0 saturated heterocycles. The van der Waals surface area contributed by atoms with Crippen molar-refractivity contribution < 1.29 is 17.9 Å². The number of amides is 1. The van der Waals surface area contributed by atoms with Crippen molar-refractivity contribution in [1.82, 2.24) is 5.32 Å². The molecule has 1 heterocycles. The van der Waals surface area contributed by atoms with Gasteiger partial charge in [0.1, 0.15) is 12.4 Å². The number of nitrogens with one attached hydrogen (secondary N) is 2. The summed E-state index contributed by atoms with van der Waals surface area (Å²) in [5.41, 5.74) is 2.28. The summed E-state index contributed by atoms with van der Waals surface area (Å²) in [6.45, 7) is 4.45. The number of carbonyl (C=O) groups excluding carboxylic acids is 1. The molecule has 6 nitrogen and oxygen atoms in total. The average molecular weight is 346 g/mol. The fourth-order valence-corrected chi connectivity index (χ4v) is 3.91. The van der Waals surface area contributed by atoms with Crippen molar-refractivity contribution in [1.29, 1.82) is 0 Å². The lowest BCUT2D eigenvalue weighted by Crippen LogP contribution is -2.24. The number of rotatable bonds is 3. The van der Waals surface area contributed by atoms with Gasteiger partial charge >= 0.3 is 0 Å². The molecule has 0 radical (unpaired) electrons. The summed E-state index contributed by atoms with van der Waals surface area (Å²) < 4.78 is 33.2. The van der Waals surface area contributed by atoms with Gasteiger partial charge in [-0.1, -0.05) is 17.7 Å². The first-order valence-corrected chi connectivity index (χ1v) is 9.00. The molecule has 7 heteroatoms. The lowest BCUT2D eigenvalue weighted by molar-refractivity contribution is 0.0957. The molecule has 24 heavy (non-hydrogen) atoms. The Kier molecular flexibility index (Phi) is 4.19. The van der Waals surface area contributed by atoms with E-state index in [0.29, 0.717) is 35.7 Å². The number of aryl methyl sites for hydroxylation is 2. The lowest BCUT2D eigenvalue weighted by atomic mass is 10.1. The van der Waals surface area contributed by atoms with Crippen LogP contribution in [0.3, 0.4) is 0 Å². The van der Waals surface area contributed by atoms with Crippen LogP contribution in [0.4, 0.5) is 5.69 Å². The largest absolute Gasteiger partial charge is 0.491 e. The monoisotopic (exact) mass is 346 g/mol. The molecule has 0 aliphatic carbocycles. The van der Waals surface area contributed by atoms with Crippen molar-refractivity contribution in [3.63, 3.8) is 0 Å². The fourth-order valence-electron chi connectivity index (χ4n) is 2.63. The van der Waals surface area contributed by atoms with Crippen LogP contribution in [0.5, 0.6) is 5.75 Å². The molecule has 3 rings (SSSR count). The number of anilines is 1. The minimum absolute atomic E-state index is 0.212. The summed E-state index contributed by atoms with van der Waals surface area (Å²) in [4.78, 5) is 12.2. The van der Waals surface area contributed by atoms with Gasteiger partial charge in [-0.05, 0) is 43.7 Å². The van der Waals surface area contributed by atoms with E-state index >= 15 is 0 Å². The molecule has 0 atom stereocenters. The van der Waals surface area contributed by atoms with E-state index in [9.17, 15) is 13.2 Å². The van der Waals surface area contributed by atoms with Crippen molar-refractivity contribution in [3.05, 3.63) is 53.1 Å². The van der Waals surface area contributed by atoms with Gasteiger partial charge in [0.2, 0.25) is 0 Å². The van der Waals surface area contributed by atoms with Crippen LogP contribution in [0.25, 0.3) is 0 Å². The molecule has 1 aliphatic rings. The van der Waals surface area contributed by atoms with Gasteiger partial charge in [0, 0.05) is 5.69 Å². The maximum absolute atomic E-state index is 12.6. The topological polar surface area (TPSA) is 84.5 Å². The highest BCUT2D eigenvalue weighted by Crippen LogP contribution is 2.26. The molecule has 126 valence electrons. The Morgan fingerprint density at radius 3 is 2.67 bits per heavy atom. The van der Waals surface area contributed by atoms with Crippen molar-refractivity contribution in [2.75, 3.05) is 17.9 Å². The Hall–Kier alpha value is -2.54. The van der Waals surface area contributed by atoms with Crippen LogP contribution in [0.2, 0.25) is 0 Å². The Bertz CT molecular complexity index is 907. The quantitative estimate of drug-likeness (QED) is 0.892. The number of carbonyl (C=O) groups is 1. The van der Waals surface area contributed by atoms with Gasteiger partial charge in [-0.25, -0.2) is 8.42 Å². The number of ether oxygens (including phenoxy) is 1. The molecule has 0 bridgehead atoms. The third-order valence-electron chi connectivity index (χ3n) is 3.74. The van der Waals surface area contributed by atoms with E-state index in [1.54, 1.807) is 31.2 Å². The highest BCUT2D eigenvalue weighted by atomic mass is 32.2. The summed E-state index contributed by atoms with van der Waals surface area (Å²) in [5.74, 6) is 0.162. The van der Waals surface area contributed by atoms with Gasteiger partial charge < -0.3 is 10.1 Å². The Morgan fingerprint density at radius 2 is 1.92 bits per heavy atom. The molecule has 1 aliphatic heterocycles. The molecule has 0 spiro atoms. The van der Waals surface area contributed by atoms with Crippen molar-refractivity contribution in [2.24, 2.45) is 0 Å². The molecule has 0 saturated carbocycles. The van der Waals surface area contributed by atoms with E-state index in [4.69, 9.17) is 4.74 Å². The Labute approximate surface area is 140 Å². The maximum atomic E-state index is 12.6. The SMILES string of the molecule is Cc1ccc(S(=O)(=O)Nc2ccc3c(c2)C(=O)NCCO3)c(C)c1. The van der Waals surface area contributed by atoms with Crippen LogP contribution >= 0.6 is 0 Å². The van der Waals surface area contributed by atoms with Gasteiger partial charge in [-0.15, -0.1) is 0 Å². The van der Waals surface area contributed by atoms with Gasteiger partial charge in [0.05, 0.1) is 17.0 Å². The minimum Gasteiger partial charge on any atom is -0.491 e. The van der Waals surface area contributed by atoms with Crippen LogP contribution in [-0.2, 0) is 10.0 Å². The number of hydrogen-bond donors (Lipinski definition) is 2. The Morgan fingerprint density at radius 1 is 1.12 bits per heavy atom. The summed E-state index contributed by atoms with van der Waals surface area (Å²) in [6.07, 6.45) is 0. The van der Waals surface area contributed by atoms with Crippen LogP contribution in [-0.4, -0.2) is 27.5 Å². The first kappa shape index (κ1) is 16.3. The fraction of sp³-hybridized carbons (Fsp3) is 0.235. The molecule has 2 aromatic carbocycles. The molecule has 0 fully saturated rings. The smallest absolute Gasteiger partial charge is 0.262 e. The van der Waals surface area contributed by atoms with Crippen LogP contribution in [0, 0.1) is 13.8 Å². The second-order valence-electron chi connectivity index (χ2n) is 5.69. The highest BCUT2D eigenvalue weighted by Gasteiger charge is 2.20. The van der Waals surface area contributed by atoms with Crippen LogP contribution in [0.1, 0.15) is 21.5 Å². The maximum Gasteiger partial charge on any atom is 0.262 e. The van der Waals surface area contributed by atoms with Crippen molar-refractivity contribution >= 4 is 21.6 Å². The second-order valence-corrected chi connectivity index (χ2v) is 7.34. The van der Waals surface area contributed by atoms with Crippen LogP contribution < -0.4 is 14.8 Å². The van der Waals surface area contributed by atoms with Crippen molar-refractivity contribution in [2.45, 2.75) is 18.7 Å². The molecule has 2 aromatic rings. The zero-order valence-electron chi connectivity index (χ0n) is 13.4. The molecule has 0 aromatic heterocycles. The Balaban J connectivity index is 1.94. The van der Waals surface area contributed by atoms with Crippen molar-refractivity contribution in [3.8, 4) is 5.75 Å². The predicted molar refractivity (Wildman–Crippen MR) is 91.0 cm³/mol. The molecular weight excluding hydrogens is 328 g/mol. The number of sulfonamides is 1. The zero-order chi connectivity index (χ0) is 17.3. The number of fused-ring (bicyclic) bond motifs is 1. The summed E-state index contributed by atoms with van der Waals surface area (Å²) in [7, 11) is -3.74. The molecule has 1 amide bonds. The van der Waals surface area contributed by atoms with E-state index in [-0.39, 0.29) is 10.8 Å². The third-order valence-corrected chi connectivity index (χ3v) is 5.28. The summed E-state index contributed by atoms with van der Waals surface area (Å²) >= 11 is 0. The minimum atomic E-state index is -3.74. The summed E-state index contributed by atoms with van der Waals surface area (Å²) in [6, 6.07) is 9.80. The lowest BCUT2D eigenvalue weighted by Gasteiger charge is -2.13. The molecular formula is C17H18N2O4S. The standard InChI is InChI=1S/C17H18N2O4S/c1-11-3-6-16(12(2)9-11)24(21,22)19-13-4-5-15-14(10-13)17(20)18-7-8-23-15/h3-6,9-10,19H,7-8H2,1-2H3,(H,18,20). The first-order chi connectivity index (χ1) is 11.4. The highest BCUT2D eigenvalue weighted by molar-refractivity contribution is 7.92.